The Morgan fingerprint density at radius 2 is 1.81 bits per heavy atom. The van der Waals surface area contributed by atoms with E-state index in [0.717, 1.165) is 18.4 Å². The smallest absolute Gasteiger partial charge is 0.240 e. The van der Waals surface area contributed by atoms with Crippen LogP contribution in [0.15, 0.2) is 65.6 Å². The topological polar surface area (TPSA) is 147 Å². The molecule has 11 heteroatoms. The Morgan fingerprint density at radius 1 is 1.06 bits per heavy atom. The summed E-state index contributed by atoms with van der Waals surface area (Å²) in [6.07, 6.45) is 0.260. The molecule has 0 radical (unpaired) electrons. The summed E-state index contributed by atoms with van der Waals surface area (Å²) in [4.78, 5) is 17.8. The molecule has 0 unspecified atom stereocenters. The van der Waals surface area contributed by atoms with Gasteiger partial charge in [0.15, 0.2) is 11.5 Å². The van der Waals surface area contributed by atoms with E-state index in [1.165, 1.54) is 12.1 Å². The largest absolute Gasteiger partial charge is 0.454 e. The lowest BCUT2D eigenvalue weighted by molar-refractivity contribution is -0.118. The zero-order valence-corrected chi connectivity index (χ0v) is 20.0. The number of nitrogens with zero attached hydrogens (tertiary/aromatic N) is 1. The number of fused-ring (bicyclic) bond motifs is 1. The third kappa shape index (κ3) is 4.78. The van der Waals surface area contributed by atoms with Crippen molar-refractivity contribution >= 4 is 21.7 Å². The molecule has 0 bridgehead atoms. The molecule has 4 N–H and O–H groups in total. The van der Waals surface area contributed by atoms with Crippen LogP contribution >= 0.6 is 0 Å². The zero-order chi connectivity index (χ0) is 25.3. The van der Waals surface area contributed by atoms with E-state index < -0.39 is 28.1 Å². The molecule has 0 spiro atoms. The lowest BCUT2D eigenvalue weighted by Crippen LogP contribution is -2.33. The Labute approximate surface area is 208 Å². The molecular formula is C25H25N3O7S. The van der Waals surface area contributed by atoms with Gasteiger partial charge in [-0.15, -0.1) is 0 Å². The molecule has 10 nitrogen and oxygen atoms in total. The molecule has 0 saturated heterocycles. The molecule has 5 rings (SSSR count). The highest BCUT2D eigenvalue weighted by Gasteiger charge is 2.51. The van der Waals surface area contributed by atoms with E-state index in [1.54, 1.807) is 30.3 Å². The summed E-state index contributed by atoms with van der Waals surface area (Å²) in [6, 6.07) is 16.9. The fourth-order valence-electron chi connectivity index (χ4n) is 4.03. The lowest BCUT2D eigenvalue weighted by Gasteiger charge is -2.16. The fraction of sp³-hybridized carbons (Fsp3) is 0.280. The molecule has 2 aromatic carbocycles. The highest BCUT2D eigenvalue weighted by atomic mass is 32.2. The molecule has 1 aliphatic carbocycles. The number of sulfonamides is 1. The van der Waals surface area contributed by atoms with Gasteiger partial charge in [-0.25, -0.2) is 18.1 Å². The molecule has 2 aliphatic rings. The monoisotopic (exact) mass is 511 g/mol. The number of nitrogens with one attached hydrogen (secondary N) is 2. The van der Waals surface area contributed by atoms with Crippen LogP contribution in [-0.2, 0) is 20.2 Å². The summed E-state index contributed by atoms with van der Waals surface area (Å²) in [7, 11) is -3.84. The first-order chi connectivity index (χ1) is 17.3. The van der Waals surface area contributed by atoms with Crippen molar-refractivity contribution in [2.45, 2.75) is 29.3 Å². The molecule has 1 saturated carbocycles. The van der Waals surface area contributed by atoms with E-state index in [0.29, 0.717) is 28.6 Å². The number of aliphatic hydroxyl groups excluding tert-OH is 2. The second kappa shape index (κ2) is 9.51. The van der Waals surface area contributed by atoms with E-state index >= 15 is 0 Å². The molecule has 1 atom stereocenters. The SMILES string of the molecule is O=C(Nc1cccc(-c2ccc(S(=O)(=O)NC[C@H](O)CO)cc2)n1)C1(c2ccc3c(c2)OCO3)CC1. The number of rotatable bonds is 9. The van der Waals surface area contributed by atoms with Gasteiger partial charge in [0.1, 0.15) is 5.82 Å². The first-order valence-electron chi connectivity index (χ1n) is 11.4. The molecule has 1 aliphatic heterocycles. The third-order valence-electron chi connectivity index (χ3n) is 6.28. The number of carbonyl (C=O) groups is 1. The number of anilines is 1. The molecule has 1 fully saturated rings. The maximum absolute atomic E-state index is 13.2. The van der Waals surface area contributed by atoms with Crippen LogP contribution in [-0.4, -0.2) is 55.6 Å². The van der Waals surface area contributed by atoms with Gasteiger partial charge < -0.3 is 25.0 Å². The summed E-state index contributed by atoms with van der Waals surface area (Å²) in [5, 5.41) is 21.2. The van der Waals surface area contributed by atoms with Crippen LogP contribution in [0.1, 0.15) is 18.4 Å². The van der Waals surface area contributed by atoms with E-state index in [9.17, 15) is 18.3 Å². The number of aromatic nitrogens is 1. The van der Waals surface area contributed by atoms with Crippen LogP contribution in [0.3, 0.4) is 0 Å². The summed E-state index contributed by atoms with van der Waals surface area (Å²) < 4.78 is 37.8. The fourth-order valence-corrected chi connectivity index (χ4v) is 5.10. The van der Waals surface area contributed by atoms with Gasteiger partial charge >= 0.3 is 0 Å². The van der Waals surface area contributed by atoms with Crippen LogP contribution < -0.4 is 19.5 Å². The van der Waals surface area contributed by atoms with Crippen molar-refractivity contribution in [2.24, 2.45) is 0 Å². The number of amides is 1. The minimum atomic E-state index is -3.84. The maximum atomic E-state index is 13.2. The van der Waals surface area contributed by atoms with Crippen molar-refractivity contribution in [3.63, 3.8) is 0 Å². The van der Waals surface area contributed by atoms with E-state index in [2.05, 4.69) is 15.0 Å². The van der Waals surface area contributed by atoms with Gasteiger partial charge in [-0.1, -0.05) is 24.3 Å². The molecular weight excluding hydrogens is 486 g/mol. The molecule has 188 valence electrons. The zero-order valence-electron chi connectivity index (χ0n) is 19.2. The van der Waals surface area contributed by atoms with Gasteiger partial charge in [-0.05, 0) is 54.8 Å². The van der Waals surface area contributed by atoms with Crippen LogP contribution in [0.2, 0.25) is 0 Å². The van der Waals surface area contributed by atoms with Crippen molar-refractivity contribution < 1.29 is 32.9 Å². The number of aliphatic hydroxyl groups is 2. The van der Waals surface area contributed by atoms with Crippen LogP contribution in [0.5, 0.6) is 11.5 Å². The average Bonchev–Trinajstić information content (AvgIpc) is 3.58. The molecule has 1 aromatic heterocycles. The standard InChI is InChI=1S/C25H25N3O7S/c29-14-18(30)13-26-36(32,33)19-7-4-16(5-8-19)20-2-1-3-23(27-20)28-24(31)25(10-11-25)17-6-9-21-22(12-17)35-15-34-21/h1-9,12,18,26,29-30H,10-11,13-15H2,(H,27,28,31)/t18-/m0/s1. The lowest BCUT2D eigenvalue weighted by atomic mass is 9.94. The highest BCUT2D eigenvalue weighted by Crippen LogP contribution is 2.51. The summed E-state index contributed by atoms with van der Waals surface area (Å²) in [5.74, 6) is 1.54. The van der Waals surface area contributed by atoms with Gasteiger partial charge in [0.2, 0.25) is 22.7 Å². The van der Waals surface area contributed by atoms with Crippen LogP contribution in [0.25, 0.3) is 11.3 Å². The van der Waals surface area contributed by atoms with E-state index in [1.807, 2.05) is 18.2 Å². The molecule has 3 aromatic rings. The van der Waals surface area contributed by atoms with Crippen molar-refractivity contribution in [1.82, 2.24) is 9.71 Å². The van der Waals surface area contributed by atoms with Crippen molar-refractivity contribution in [3.05, 3.63) is 66.2 Å². The van der Waals surface area contributed by atoms with E-state index in [4.69, 9.17) is 14.6 Å². The second-order valence-corrected chi connectivity index (χ2v) is 10.5. The molecule has 1 amide bonds. The first-order valence-corrected chi connectivity index (χ1v) is 12.9. The van der Waals surface area contributed by atoms with Crippen LogP contribution in [0.4, 0.5) is 5.82 Å². The Balaban J connectivity index is 1.29. The second-order valence-electron chi connectivity index (χ2n) is 8.73. The number of hydrogen-bond donors (Lipinski definition) is 4. The number of carbonyl (C=O) groups excluding carboxylic acids is 1. The number of pyridine rings is 1. The quantitative estimate of drug-likeness (QED) is 0.340. The van der Waals surface area contributed by atoms with Gasteiger partial charge in [0.05, 0.1) is 28.7 Å². The first kappa shape index (κ1) is 24.2. The predicted octanol–water partition coefficient (Wildman–Crippen LogP) is 1.78. The molecule has 36 heavy (non-hydrogen) atoms. The third-order valence-corrected chi connectivity index (χ3v) is 7.72. The predicted molar refractivity (Wildman–Crippen MR) is 130 cm³/mol. The maximum Gasteiger partial charge on any atom is 0.240 e. The van der Waals surface area contributed by atoms with Crippen molar-refractivity contribution in [3.8, 4) is 22.8 Å². The van der Waals surface area contributed by atoms with Crippen molar-refractivity contribution in [2.75, 3.05) is 25.3 Å². The number of hydrogen-bond acceptors (Lipinski definition) is 8. The Morgan fingerprint density at radius 3 is 2.53 bits per heavy atom. The number of ether oxygens (including phenoxy) is 2. The Hall–Kier alpha value is -3.51. The summed E-state index contributed by atoms with van der Waals surface area (Å²) in [6.45, 7) is -0.666. The van der Waals surface area contributed by atoms with Gasteiger partial charge in [-0.2, -0.15) is 0 Å². The van der Waals surface area contributed by atoms with Gasteiger partial charge in [0.25, 0.3) is 0 Å². The minimum absolute atomic E-state index is 0.0141. The highest BCUT2D eigenvalue weighted by molar-refractivity contribution is 7.89. The van der Waals surface area contributed by atoms with Crippen LogP contribution in [0, 0.1) is 0 Å². The van der Waals surface area contributed by atoms with Gasteiger partial charge in [0, 0.05) is 12.1 Å². The summed E-state index contributed by atoms with van der Waals surface area (Å²) in [5.41, 5.74) is 1.47. The van der Waals surface area contributed by atoms with Crippen molar-refractivity contribution in [1.29, 1.82) is 0 Å². The average molecular weight is 512 g/mol. The van der Waals surface area contributed by atoms with E-state index in [-0.39, 0.29) is 24.1 Å². The van der Waals surface area contributed by atoms with Gasteiger partial charge in [-0.3, -0.25) is 4.79 Å². The Kier molecular flexibility index (Phi) is 6.39. The minimum Gasteiger partial charge on any atom is -0.454 e. The normalized spacial score (nSPS) is 16.4. The molecule has 2 heterocycles. The Bertz CT molecular complexity index is 1390. The number of benzene rings is 2. The summed E-state index contributed by atoms with van der Waals surface area (Å²) >= 11 is 0.